The summed E-state index contributed by atoms with van der Waals surface area (Å²) in [6.45, 7) is 4.28. The largest absolute Gasteiger partial charge is 0.119 e. The third-order valence-electron chi connectivity index (χ3n) is 5.49. The summed E-state index contributed by atoms with van der Waals surface area (Å²) in [5, 5.41) is 0.873. The van der Waals surface area contributed by atoms with Gasteiger partial charge in [-0.2, -0.15) is 0 Å². The Balaban J connectivity index is 0.000000127. The molecule has 0 aliphatic heterocycles. The van der Waals surface area contributed by atoms with Crippen LogP contribution in [0.3, 0.4) is 0 Å². The van der Waals surface area contributed by atoms with E-state index in [-0.39, 0.29) is 4.87 Å². The molecular formula is C19H26Cl2. The van der Waals surface area contributed by atoms with Gasteiger partial charge in [0.05, 0.1) is 0 Å². The van der Waals surface area contributed by atoms with E-state index in [1.165, 1.54) is 44.1 Å². The lowest BCUT2D eigenvalue weighted by molar-refractivity contribution is 0.0349. The Labute approximate surface area is 139 Å². The van der Waals surface area contributed by atoms with Crippen LogP contribution in [0.25, 0.3) is 0 Å². The first-order valence-corrected chi connectivity index (χ1v) is 9.14. The van der Waals surface area contributed by atoms with Crippen LogP contribution in [0.5, 0.6) is 0 Å². The van der Waals surface area contributed by atoms with Crippen LogP contribution in [-0.2, 0) is 0 Å². The SMILES string of the molecule is CC(C)c1ccccc1Cl.ClC12CC3CC(CC(C3)C1)C2. The van der Waals surface area contributed by atoms with Crippen molar-refractivity contribution < 1.29 is 0 Å². The van der Waals surface area contributed by atoms with Crippen LogP contribution in [-0.4, -0.2) is 4.87 Å². The molecule has 0 radical (unpaired) electrons. The van der Waals surface area contributed by atoms with Crippen molar-refractivity contribution >= 4 is 23.2 Å². The van der Waals surface area contributed by atoms with Crippen molar-refractivity contribution in [2.75, 3.05) is 0 Å². The van der Waals surface area contributed by atoms with E-state index in [9.17, 15) is 0 Å². The molecule has 0 heterocycles. The van der Waals surface area contributed by atoms with Gasteiger partial charge in [-0.25, -0.2) is 0 Å². The predicted octanol–water partition coefficient (Wildman–Crippen LogP) is 6.66. The summed E-state index contributed by atoms with van der Waals surface area (Å²) in [5.74, 6) is 3.56. The molecule has 116 valence electrons. The van der Waals surface area contributed by atoms with Crippen molar-refractivity contribution in [3.05, 3.63) is 34.9 Å². The zero-order chi connectivity index (χ0) is 15.0. The zero-order valence-electron chi connectivity index (χ0n) is 13.1. The molecule has 0 atom stereocenters. The highest BCUT2D eigenvalue weighted by molar-refractivity contribution is 6.31. The van der Waals surface area contributed by atoms with Gasteiger partial charge in [0, 0.05) is 9.90 Å². The zero-order valence-corrected chi connectivity index (χ0v) is 14.6. The lowest BCUT2D eigenvalue weighted by atomic mass is 9.56. The molecular weight excluding hydrogens is 299 g/mol. The van der Waals surface area contributed by atoms with Crippen LogP contribution < -0.4 is 0 Å². The summed E-state index contributed by atoms with van der Waals surface area (Å²) in [4.78, 5) is 0.273. The van der Waals surface area contributed by atoms with Gasteiger partial charge in [0.2, 0.25) is 0 Å². The Morgan fingerprint density at radius 3 is 1.76 bits per heavy atom. The molecule has 2 heteroatoms. The van der Waals surface area contributed by atoms with Crippen molar-refractivity contribution in [3.63, 3.8) is 0 Å². The van der Waals surface area contributed by atoms with Crippen LogP contribution in [0.15, 0.2) is 24.3 Å². The van der Waals surface area contributed by atoms with E-state index in [4.69, 9.17) is 23.2 Å². The van der Waals surface area contributed by atoms with E-state index >= 15 is 0 Å². The fourth-order valence-corrected chi connectivity index (χ4v) is 5.96. The second-order valence-corrected chi connectivity index (χ2v) is 8.95. The van der Waals surface area contributed by atoms with Gasteiger partial charge in [-0.05, 0) is 73.8 Å². The molecule has 0 nitrogen and oxygen atoms in total. The second-order valence-electron chi connectivity index (χ2n) is 7.74. The monoisotopic (exact) mass is 324 g/mol. The highest BCUT2D eigenvalue weighted by Gasteiger charge is 2.49. The van der Waals surface area contributed by atoms with Crippen LogP contribution in [0.1, 0.15) is 63.9 Å². The summed E-state index contributed by atoms with van der Waals surface area (Å²) >= 11 is 12.5. The minimum absolute atomic E-state index is 0.273. The summed E-state index contributed by atoms with van der Waals surface area (Å²) in [6.07, 6.45) is 8.52. The van der Waals surface area contributed by atoms with Gasteiger partial charge in [0.1, 0.15) is 0 Å². The molecule has 4 aliphatic carbocycles. The van der Waals surface area contributed by atoms with Crippen molar-refractivity contribution in [2.24, 2.45) is 17.8 Å². The molecule has 4 aliphatic rings. The Morgan fingerprint density at radius 2 is 1.43 bits per heavy atom. The molecule has 0 unspecified atom stereocenters. The highest BCUT2D eigenvalue weighted by Crippen LogP contribution is 2.58. The number of hydrogen-bond acceptors (Lipinski definition) is 0. The Hall–Kier alpha value is -0.200. The molecule has 1 aromatic rings. The second kappa shape index (κ2) is 6.13. The van der Waals surface area contributed by atoms with E-state index in [0.29, 0.717) is 5.92 Å². The molecule has 4 saturated carbocycles. The quantitative estimate of drug-likeness (QED) is 0.507. The molecule has 0 spiro atoms. The molecule has 1 aromatic carbocycles. The average Bonchev–Trinajstić information content (AvgIpc) is 2.36. The maximum Gasteiger partial charge on any atom is 0.0454 e. The van der Waals surface area contributed by atoms with Crippen molar-refractivity contribution in [1.82, 2.24) is 0 Å². The number of alkyl halides is 1. The first kappa shape index (κ1) is 15.7. The van der Waals surface area contributed by atoms with Gasteiger partial charge in [-0.15, -0.1) is 11.6 Å². The van der Waals surface area contributed by atoms with Gasteiger partial charge >= 0.3 is 0 Å². The Bertz CT molecular complexity index is 457. The van der Waals surface area contributed by atoms with Gasteiger partial charge in [0.15, 0.2) is 0 Å². The standard InChI is InChI=1S/C10H15Cl.C9H11Cl/c11-10-4-7-1-8(5-10)3-9(2-7)6-10;1-7(2)8-5-3-4-6-9(8)10/h7-9H,1-6H2;3-7H,1-2H3. The summed E-state index contributed by atoms with van der Waals surface area (Å²) in [5.41, 5.74) is 1.23. The van der Waals surface area contributed by atoms with Crippen molar-refractivity contribution in [3.8, 4) is 0 Å². The number of benzene rings is 1. The summed E-state index contributed by atoms with van der Waals surface area (Å²) < 4.78 is 0. The number of hydrogen-bond donors (Lipinski definition) is 0. The molecule has 4 bridgehead atoms. The summed E-state index contributed by atoms with van der Waals surface area (Å²) in [6, 6.07) is 7.96. The van der Waals surface area contributed by atoms with Crippen LogP contribution in [0.4, 0.5) is 0 Å². The Kier molecular flexibility index (Phi) is 4.58. The first-order chi connectivity index (χ1) is 9.95. The topological polar surface area (TPSA) is 0 Å². The fourth-order valence-electron chi connectivity index (χ4n) is 4.95. The molecule has 0 N–H and O–H groups in total. The van der Waals surface area contributed by atoms with Crippen LogP contribution in [0.2, 0.25) is 5.02 Å². The number of halogens is 2. The lowest BCUT2D eigenvalue weighted by Crippen LogP contribution is -2.47. The van der Waals surface area contributed by atoms with E-state index < -0.39 is 0 Å². The number of rotatable bonds is 1. The lowest BCUT2D eigenvalue weighted by Gasteiger charge is -2.54. The fraction of sp³-hybridized carbons (Fsp3) is 0.684. The smallest absolute Gasteiger partial charge is 0.0454 e. The van der Waals surface area contributed by atoms with Crippen LogP contribution in [0, 0.1) is 17.8 Å². The molecule has 0 aromatic heterocycles. The predicted molar refractivity (Wildman–Crippen MR) is 92.3 cm³/mol. The molecule has 0 saturated heterocycles. The highest BCUT2D eigenvalue weighted by atomic mass is 35.5. The summed E-state index contributed by atoms with van der Waals surface area (Å²) in [7, 11) is 0. The Morgan fingerprint density at radius 1 is 0.952 bits per heavy atom. The van der Waals surface area contributed by atoms with Gasteiger partial charge < -0.3 is 0 Å². The third-order valence-corrected chi connectivity index (χ3v) is 6.30. The minimum Gasteiger partial charge on any atom is -0.119 e. The molecule has 21 heavy (non-hydrogen) atoms. The first-order valence-electron chi connectivity index (χ1n) is 8.38. The maximum atomic E-state index is 6.53. The van der Waals surface area contributed by atoms with E-state index in [2.05, 4.69) is 19.9 Å². The molecule has 0 amide bonds. The maximum absolute atomic E-state index is 6.53. The van der Waals surface area contributed by atoms with E-state index in [1.54, 1.807) is 0 Å². The van der Waals surface area contributed by atoms with Crippen molar-refractivity contribution in [2.45, 2.75) is 63.2 Å². The van der Waals surface area contributed by atoms with Gasteiger partial charge in [0.25, 0.3) is 0 Å². The minimum atomic E-state index is 0.273. The third kappa shape index (κ3) is 3.59. The normalized spacial score (nSPS) is 36.5. The van der Waals surface area contributed by atoms with Crippen molar-refractivity contribution in [1.29, 1.82) is 0 Å². The van der Waals surface area contributed by atoms with E-state index in [1.807, 2.05) is 18.2 Å². The van der Waals surface area contributed by atoms with Gasteiger partial charge in [-0.3, -0.25) is 0 Å². The molecule has 4 fully saturated rings. The molecule has 5 rings (SSSR count). The van der Waals surface area contributed by atoms with E-state index in [0.717, 1.165) is 22.8 Å². The van der Waals surface area contributed by atoms with Gasteiger partial charge in [-0.1, -0.05) is 43.6 Å². The average molecular weight is 325 g/mol. The van der Waals surface area contributed by atoms with Crippen LogP contribution >= 0.6 is 23.2 Å².